The van der Waals surface area contributed by atoms with Crippen LogP contribution in [-0.2, 0) is 7.05 Å². The van der Waals surface area contributed by atoms with Crippen molar-refractivity contribution in [1.82, 2.24) is 14.8 Å². The second-order valence-electron chi connectivity index (χ2n) is 4.33. The lowest BCUT2D eigenvalue weighted by Crippen LogP contribution is -2.06. The molecule has 0 amide bonds. The zero-order valence-corrected chi connectivity index (χ0v) is 15.8. The maximum Gasteiger partial charge on any atom is 0.388 e. The summed E-state index contributed by atoms with van der Waals surface area (Å²) in [5.41, 5.74) is 0.631. The molecule has 0 aliphatic rings. The normalized spacial score (nSPS) is 11.7. The predicted octanol–water partition coefficient (Wildman–Crippen LogP) is 5.62. The van der Waals surface area contributed by atoms with Gasteiger partial charge in [0.05, 0.1) is 15.3 Å². The van der Waals surface area contributed by atoms with Crippen LogP contribution in [0, 0.1) is 5.82 Å². The highest BCUT2D eigenvalue weighted by molar-refractivity contribution is 9.11. The summed E-state index contributed by atoms with van der Waals surface area (Å²) in [5, 5.41) is 4.23. The number of fused-ring (bicyclic) bond motifs is 1. The molecule has 0 bridgehead atoms. The third-order valence-corrected chi connectivity index (χ3v) is 5.45. The minimum absolute atomic E-state index is 0.110. The van der Waals surface area contributed by atoms with E-state index < -0.39 is 12.4 Å². The zero-order valence-electron chi connectivity index (χ0n) is 11.1. The van der Waals surface area contributed by atoms with Crippen LogP contribution < -0.4 is 4.74 Å². The van der Waals surface area contributed by atoms with Gasteiger partial charge < -0.3 is 4.74 Å². The summed E-state index contributed by atoms with van der Waals surface area (Å²) in [6, 6.07) is 1.11. The van der Waals surface area contributed by atoms with Gasteiger partial charge in [-0.15, -0.1) is 11.3 Å². The lowest BCUT2D eigenvalue weighted by Gasteiger charge is -2.05. The van der Waals surface area contributed by atoms with E-state index in [0.29, 0.717) is 14.1 Å². The number of hydrogen-bond acceptors (Lipinski definition) is 4. The van der Waals surface area contributed by atoms with Gasteiger partial charge in [-0.1, -0.05) is 11.6 Å². The van der Waals surface area contributed by atoms with E-state index in [0.717, 1.165) is 22.1 Å². The van der Waals surface area contributed by atoms with Crippen LogP contribution in [0.4, 0.5) is 13.2 Å². The van der Waals surface area contributed by atoms with Crippen molar-refractivity contribution >= 4 is 65.0 Å². The quantitative estimate of drug-likeness (QED) is 0.478. The highest BCUT2D eigenvalue weighted by Crippen LogP contribution is 2.44. The second kappa shape index (κ2) is 6.23. The number of rotatable bonds is 3. The van der Waals surface area contributed by atoms with Gasteiger partial charge in [-0.25, -0.2) is 14.1 Å². The van der Waals surface area contributed by atoms with Gasteiger partial charge in [-0.05, 0) is 37.9 Å². The number of aryl methyl sites for hydroxylation is 1. The first-order chi connectivity index (χ1) is 10.8. The average molecular weight is 492 g/mol. The molecule has 122 valence electrons. The summed E-state index contributed by atoms with van der Waals surface area (Å²) in [5.74, 6) is -0.845. The lowest BCUT2D eigenvalue weighted by atomic mass is 10.1. The number of aromatic nitrogens is 3. The molecule has 3 rings (SSSR count). The molecule has 0 radical (unpaired) electrons. The first-order valence-corrected chi connectivity index (χ1v) is 8.69. The van der Waals surface area contributed by atoms with Crippen molar-refractivity contribution in [2.45, 2.75) is 6.61 Å². The Balaban J connectivity index is 2.29. The molecule has 11 heteroatoms. The van der Waals surface area contributed by atoms with E-state index in [4.69, 9.17) is 11.6 Å². The lowest BCUT2D eigenvalue weighted by molar-refractivity contribution is -0.0558. The van der Waals surface area contributed by atoms with E-state index in [1.807, 2.05) is 0 Å². The van der Waals surface area contributed by atoms with Crippen LogP contribution in [0.5, 0.6) is 5.88 Å². The van der Waals surface area contributed by atoms with Crippen LogP contribution in [0.3, 0.4) is 0 Å². The molecule has 3 aromatic rings. The van der Waals surface area contributed by atoms with Crippen LogP contribution in [0.25, 0.3) is 21.5 Å². The van der Waals surface area contributed by atoms with Crippen molar-refractivity contribution in [3.63, 3.8) is 0 Å². The number of benzene rings is 1. The highest BCUT2D eigenvalue weighted by atomic mass is 79.9. The Bertz CT molecular complexity index is 915. The number of alkyl halides is 2. The van der Waals surface area contributed by atoms with E-state index >= 15 is 0 Å². The Labute approximate surface area is 153 Å². The van der Waals surface area contributed by atoms with E-state index in [2.05, 4.69) is 46.7 Å². The molecule has 23 heavy (non-hydrogen) atoms. The number of halogens is 6. The summed E-state index contributed by atoms with van der Waals surface area (Å²) in [7, 11) is 1.42. The molecule has 2 aromatic heterocycles. The highest BCUT2D eigenvalue weighted by Gasteiger charge is 2.25. The molecule has 0 saturated heterocycles. The third kappa shape index (κ3) is 2.97. The first kappa shape index (κ1) is 17.0. The molecular weight excluding hydrogens is 486 g/mol. The summed E-state index contributed by atoms with van der Waals surface area (Å²) in [6.45, 7) is -3.03. The Morgan fingerprint density at radius 2 is 2.09 bits per heavy atom. The summed E-state index contributed by atoms with van der Waals surface area (Å²) in [4.78, 5) is 4.18. The SMILES string of the molecule is Cn1nc(-c2c(F)cc(Cl)c3nc(Br)sc23)c(Br)c1OC(F)F. The smallest absolute Gasteiger partial charge is 0.388 e. The molecule has 4 nitrogen and oxygen atoms in total. The monoisotopic (exact) mass is 489 g/mol. The zero-order chi connectivity index (χ0) is 16.9. The van der Waals surface area contributed by atoms with Crippen LogP contribution in [0.15, 0.2) is 14.5 Å². The van der Waals surface area contributed by atoms with Crippen molar-refractivity contribution < 1.29 is 17.9 Å². The minimum atomic E-state index is -3.03. The fourth-order valence-corrected chi connectivity index (χ4v) is 4.49. The number of nitrogens with zero attached hydrogens (tertiary/aromatic N) is 3. The van der Waals surface area contributed by atoms with Crippen LogP contribution in [0.1, 0.15) is 0 Å². The Kier molecular flexibility index (Phi) is 4.60. The van der Waals surface area contributed by atoms with Gasteiger partial charge >= 0.3 is 6.61 Å². The summed E-state index contributed by atoms with van der Waals surface area (Å²) < 4.78 is 46.0. The Hall–Kier alpha value is -0.840. The fourth-order valence-electron chi connectivity index (χ4n) is 2.06. The van der Waals surface area contributed by atoms with E-state index in [1.54, 1.807) is 0 Å². The molecule has 0 unspecified atom stereocenters. The van der Waals surface area contributed by atoms with E-state index in [-0.39, 0.29) is 26.6 Å². The predicted molar refractivity (Wildman–Crippen MR) is 88.8 cm³/mol. The topological polar surface area (TPSA) is 39.9 Å². The molecule has 0 aliphatic heterocycles. The molecule has 1 aromatic carbocycles. The largest absolute Gasteiger partial charge is 0.416 e. The van der Waals surface area contributed by atoms with Crippen molar-refractivity contribution in [3.8, 4) is 17.1 Å². The van der Waals surface area contributed by atoms with Crippen molar-refractivity contribution in [2.75, 3.05) is 0 Å². The standard InChI is InChI=1S/C12H5Br2ClF3N3OS/c1-21-10(22-12(17)18)6(13)8(20-21)5-4(16)2-3(15)7-9(5)23-11(14)19-7/h2,12H,1H3. The van der Waals surface area contributed by atoms with Crippen molar-refractivity contribution in [3.05, 3.63) is 25.3 Å². The van der Waals surface area contributed by atoms with Crippen LogP contribution >= 0.6 is 54.8 Å². The molecule has 0 aliphatic carbocycles. The second-order valence-corrected chi connectivity index (χ2v) is 7.80. The summed E-state index contributed by atoms with van der Waals surface area (Å²) in [6.07, 6.45) is 0. The van der Waals surface area contributed by atoms with Crippen molar-refractivity contribution in [2.24, 2.45) is 7.05 Å². The van der Waals surface area contributed by atoms with Crippen molar-refractivity contribution in [1.29, 1.82) is 0 Å². The summed E-state index contributed by atoms with van der Waals surface area (Å²) >= 11 is 13.5. The molecule has 0 saturated carbocycles. The number of thiazole rings is 1. The average Bonchev–Trinajstić information content (AvgIpc) is 2.95. The molecule has 0 spiro atoms. The van der Waals surface area contributed by atoms with Gasteiger partial charge in [0.2, 0.25) is 5.88 Å². The Morgan fingerprint density at radius 3 is 2.74 bits per heavy atom. The van der Waals surface area contributed by atoms with E-state index in [1.165, 1.54) is 7.05 Å². The van der Waals surface area contributed by atoms with Crippen LogP contribution in [-0.4, -0.2) is 21.4 Å². The molecule has 0 N–H and O–H groups in total. The maximum absolute atomic E-state index is 14.5. The maximum atomic E-state index is 14.5. The van der Waals surface area contributed by atoms with Gasteiger partial charge in [0.15, 0.2) is 3.92 Å². The molecule has 0 atom stereocenters. The van der Waals surface area contributed by atoms with Gasteiger partial charge in [0, 0.05) is 7.05 Å². The van der Waals surface area contributed by atoms with Gasteiger partial charge in [0.1, 0.15) is 21.5 Å². The third-order valence-electron chi connectivity index (χ3n) is 2.92. The molecule has 2 heterocycles. The molecule has 0 fully saturated rings. The number of hydrogen-bond donors (Lipinski definition) is 0. The number of ether oxygens (including phenoxy) is 1. The minimum Gasteiger partial charge on any atom is -0.416 e. The first-order valence-electron chi connectivity index (χ1n) is 5.91. The fraction of sp³-hybridized carbons (Fsp3) is 0.167. The van der Waals surface area contributed by atoms with Crippen LogP contribution in [0.2, 0.25) is 5.02 Å². The van der Waals surface area contributed by atoms with Gasteiger partial charge in [0.25, 0.3) is 0 Å². The molecular formula is C12H5Br2ClF3N3OS. The Morgan fingerprint density at radius 1 is 1.39 bits per heavy atom. The van der Waals surface area contributed by atoms with Gasteiger partial charge in [-0.3, -0.25) is 0 Å². The van der Waals surface area contributed by atoms with Gasteiger partial charge in [-0.2, -0.15) is 13.9 Å². The van der Waals surface area contributed by atoms with E-state index in [9.17, 15) is 13.2 Å².